The molecule has 0 aromatic carbocycles. The zero-order valence-electron chi connectivity index (χ0n) is 11.8. The molecule has 0 aliphatic carbocycles. The Bertz CT molecular complexity index is 595. The highest BCUT2D eigenvalue weighted by atomic mass is 16.4. The van der Waals surface area contributed by atoms with Gasteiger partial charge in [0.25, 0.3) is 0 Å². The van der Waals surface area contributed by atoms with Gasteiger partial charge in [-0.3, -0.25) is 14.4 Å². The molecule has 114 valence electrons. The summed E-state index contributed by atoms with van der Waals surface area (Å²) in [6, 6.07) is 0.626. The van der Waals surface area contributed by atoms with Crippen LogP contribution in [0.1, 0.15) is 31.9 Å². The van der Waals surface area contributed by atoms with Crippen molar-refractivity contribution in [1.82, 2.24) is 10.2 Å². The van der Waals surface area contributed by atoms with E-state index in [9.17, 15) is 14.4 Å². The molecule has 1 aromatic heterocycles. The lowest BCUT2D eigenvalue weighted by Crippen LogP contribution is -2.46. The number of rotatable bonds is 5. The summed E-state index contributed by atoms with van der Waals surface area (Å²) in [6.07, 6.45) is 2.72. The van der Waals surface area contributed by atoms with Gasteiger partial charge in [0.1, 0.15) is 18.1 Å². The van der Waals surface area contributed by atoms with Crippen LogP contribution in [0.2, 0.25) is 0 Å². The van der Waals surface area contributed by atoms with Crippen LogP contribution in [-0.4, -0.2) is 34.4 Å². The maximum absolute atomic E-state index is 12.2. The number of amides is 2. The van der Waals surface area contributed by atoms with Gasteiger partial charge in [-0.25, -0.2) is 0 Å². The Hall–Kier alpha value is -2.31. The summed E-state index contributed by atoms with van der Waals surface area (Å²) in [7, 11) is 0. The van der Waals surface area contributed by atoms with E-state index in [0.717, 1.165) is 18.8 Å². The molecule has 1 atom stereocenters. The van der Waals surface area contributed by atoms with Crippen LogP contribution in [0.3, 0.4) is 0 Å². The molecule has 7 heteroatoms. The number of hydrogen-bond acceptors (Lipinski definition) is 5. The van der Waals surface area contributed by atoms with Crippen LogP contribution >= 0.6 is 0 Å². The van der Waals surface area contributed by atoms with Gasteiger partial charge in [0, 0.05) is 19.0 Å². The van der Waals surface area contributed by atoms with Gasteiger partial charge >= 0.3 is 0 Å². The van der Waals surface area contributed by atoms with Crippen LogP contribution in [0, 0.1) is 0 Å². The van der Waals surface area contributed by atoms with Crippen molar-refractivity contribution in [2.45, 2.75) is 38.8 Å². The van der Waals surface area contributed by atoms with E-state index in [1.807, 2.05) is 6.92 Å². The Balaban J connectivity index is 1.97. The van der Waals surface area contributed by atoms with E-state index >= 15 is 0 Å². The van der Waals surface area contributed by atoms with Crippen molar-refractivity contribution in [3.8, 4) is 5.75 Å². The van der Waals surface area contributed by atoms with Gasteiger partial charge in [-0.05, 0) is 12.8 Å². The molecule has 1 aliphatic rings. The van der Waals surface area contributed by atoms with Crippen LogP contribution in [-0.2, 0) is 16.1 Å². The highest BCUT2D eigenvalue weighted by molar-refractivity contribution is 5.88. The van der Waals surface area contributed by atoms with Crippen LogP contribution in [0.25, 0.3) is 0 Å². The van der Waals surface area contributed by atoms with Crippen LogP contribution in [0.4, 0.5) is 0 Å². The number of hydrogen-bond donors (Lipinski definition) is 2. The van der Waals surface area contributed by atoms with Gasteiger partial charge in [0.2, 0.25) is 17.2 Å². The van der Waals surface area contributed by atoms with Gasteiger partial charge in [0.05, 0.1) is 6.54 Å². The number of carbonyl (C=O) groups excluding carboxylic acids is 2. The van der Waals surface area contributed by atoms with E-state index in [1.165, 1.54) is 0 Å². The molecular weight excluding hydrogens is 276 g/mol. The second-order valence-electron chi connectivity index (χ2n) is 4.93. The summed E-state index contributed by atoms with van der Waals surface area (Å²) >= 11 is 0. The minimum absolute atomic E-state index is 0.00633. The van der Waals surface area contributed by atoms with Gasteiger partial charge < -0.3 is 19.7 Å². The van der Waals surface area contributed by atoms with Crippen molar-refractivity contribution in [1.29, 1.82) is 0 Å². The van der Waals surface area contributed by atoms with Crippen molar-refractivity contribution in [2.75, 3.05) is 6.54 Å². The van der Waals surface area contributed by atoms with Crippen molar-refractivity contribution in [3.05, 3.63) is 28.3 Å². The van der Waals surface area contributed by atoms with E-state index in [-0.39, 0.29) is 24.1 Å². The van der Waals surface area contributed by atoms with Gasteiger partial charge in [-0.1, -0.05) is 6.92 Å². The molecule has 7 nitrogen and oxygen atoms in total. The van der Waals surface area contributed by atoms with Gasteiger partial charge in [0.15, 0.2) is 5.75 Å². The van der Waals surface area contributed by atoms with Gasteiger partial charge in [-0.2, -0.15) is 0 Å². The topological polar surface area (TPSA) is 99.8 Å². The second-order valence-corrected chi connectivity index (χ2v) is 4.93. The quantitative estimate of drug-likeness (QED) is 0.817. The van der Waals surface area contributed by atoms with Crippen LogP contribution in [0.15, 0.2) is 21.5 Å². The van der Waals surface area contributed by atoms with Crippen molar-refractivity contribution in [2.24, 2.45) is 0 Å². The summed E-state index contributed by atoms with van der Waals surface area (Å²) in [5.41, 5.74) is -0.563. The summed E-state index contributed by atoms with van der Waals surface area (Å²) in [5, 5.41) is 11.7. The first-order chi connectivity index (χ1) is 10.0. The lowest BCUT2D eigenvalue weighted by Gasteiger charge is -2.25. The summed E-state index contributed by atoms with van der Waals surface area (Å²) in [6.45, 7) is 2.47. The standard InChI is InChI=1S/C14H18N2O5/c1-2-10(16-5-3-4-13(16)19)14(20)15-7-9-6-11(17)12(18)8-21-9/h6,8,10,18H,2-5,7H2,1H3,(H,15,20). The Labute approximate surface area is 121 Å². The SMILES string of the molecule is CCC(C(=O)NCc1cc(=O)c(O)co1)N1CCCC1=O. The molecule has 0 spiro atoms. The van der Waals surface area contributed by atoms with Crippen molar-refractivity contribution >= 4 is 11.8 Å². The maximum Gasteiger partial charge on any atom is 0.243 e. The zero-order chi connectivity index (χ0) is 15.4. The summed E-state index contributed by atoms with van der Waals surface area (Å²) in [4.78, 5) is 36.7. The predicted molar refractivity (Wildman–Crippen MR) is 73.5 cm³/mol. The Kier molecular flexibility index (Phi) is 4.62. The van der Waals surface area contributed by atoms with Crippen molar-refractivity contribution < 1.29 is 19.1 Å². The summed E-state index contributed by atoms with van der Waals surface area (Å²) in [5.74, 6) is -0.510. The van der Waals surface area contributed by atoms with E-state index in [1.54, 1.807) is 4.90 Å². The average molecular weight is 294 g/mol. The first kappa shape index (κ1) is 15.1. The Morgan fingerprint density at radius 1 is 1.52 bits per heavy atom. The minimum Gasteiger partial charge on any atom is -0.502 e. The highest BCUT2D eigenvalue weighted by Gasteiger charge is 2.31. The predicted octanol–water partition coefficient (Wildman–Crippen LogP) is 0.363. The number of aromatic hydroxyl groups is 1. The third-order valence-electron chi connectivity index (χ3n) is 3.48. The first-order valence-electron chi connectivity index (χ1n) is 6.90. The molecule has 21 heavy (non-hydrogen) atoms. The first-order valence-corrected chi connectivity index (χ1v) is 6.90. The van der Waals surface area contributed by atoms with E-state index in [4.69, 9.17) is 9.52 Å². The smallest absolute Gasteiger partial charge is 0.243 e. The second kappa shape index (κ2) is 6.43. The summed E-state index contributed by atoms with van der Waals surface area (Å²) < 4.78 is 5.00. The molecule has 2 rings (SSSR count). The fraction of sp³-hybridized carbons (Fsp3) is 0.500. The third kappa shape index (κ3) is 3.42. The van der Waals surface area contributed by atoms with Crippen molar-refractivity contribution in [3.63, 3.8) is 0 Å². The third-order valence-corrected chi connectivity index (χ3v) is 3.48. The lowest BCUT2D eigenvalue weighted by atomic mass is 10.2. The van der Waals surface area contributed by atoms with E-state index in [0.29, 0.717) is 19.4 Å². The normalized spacial score (nSPS) is 16.0. The average Bonchev–Trinajstić information content (AvgIpc) is 2.87. The van der Waals surface area contributed by atoms with Crippen LogP contribution < -0.4 is 10.7 Å². The maximum atomic E-state index is 12.2. The molecule has 0 radical (unpaired) electrons. The fourth-order valence-corrected chi connectivity index (χ4v) is 2.37. The fourth-order valence-electron chi connectivity index (χ4n) is 2.37. The van der Waals surface area contributed by atoms with Gasteiger partial charge in [-0.15, -0.1) is 0 Å². The van der Waals surface area contributed by atoms with E-state index < -0.39 is 17.2 Å². The number of nitrogens with one attached hydrogen (secondary N) is 1. The minimum atomic E-state index is -0.563. The molecule has 1 aliphatic heterocycles. The molecule has 0 saturated carbocycles. The highest BCUT2D eigenvalue weighted by Crippen LogP contribution is 2.16. The molecule has 1 unspecified atom stereocenters. The number of carbonyl (C=O) groups is 2. The van der Waals surface area contributed by atoms with Crippen LogP contribution in [0.5, 0.6) is 5.75 Å². The molecule has 2 N–H and O–H groups in total. The lowest BCUT2D eigenvalue weighted by molar-refractivity contribution is -0.137. The Morgan fingerprint density at radius 3 is 2.86 bits per heavy atom. The zero-order valence-corrected chi connectivity index (χ0v) is 11.8. The monoisotopic (exact) mass is 294 g/mol. The molecule has 2 amide bonds. The molecule has 0 bridgehead atoms. The molecule has 1 aromatic rings. The van der Waals surface area contributed by atoms with E-state index in [2.05, 4.69) is 5.32 Å². The molecule has 2 heterocycles. The molecular formula is C14H18N2O5. The largest absolute Gasteiger partial charge is 0.502 e. The number of nitrogens with zero attached hydrogens (tertiary/aromatic N) is 1. The number of likely N-dealkylation sites (tertiary alicyclic amines) is 1. The Morgan fingerprint density at radius 2 is 2.29 bits per heavy atom. The molecule has 1 saturated heterocycles. The molecule has 1 fully saturated rings.